The van der Waals surface area contributed by atoms with Crippen molar-refractivity contribution in [3.05, 3.63) is 83.2 Å². The summed E-state index contributed by atoms with van der Waals surface area (Å²) in [5.41, 5.74) is 2.26. The van der Waals surface area contributed by atoms with Gasteiger partial charge in [-0.25, -0.2) is 13.5 Å². The maximum absolute atomic E-state index is 13.8. The van der Waals surface area contributed by atoms with Crippen LogP contribution in [-0.4, -0.2) is 15.0 Å². The number of hydrogen-bond acceptors (Lipinski definition) is 2. The topological polar surface area (TPSA) is 30.7 Å². The van der Waals surface area contributed by atoms with E-state index in [0.29, 0.717) is 18.5 Å². The molecule has 0 aliphatic carbocycles. The summed E-state index contributed by atoms with van der Waals surface area (Å²) in [4.78, 5) is 0. The minimum atomic E-state index is -0.430. The molecule has 3 nitrogen and oxygen atoms in total. The maximum Gasteiger partial charge on any atom is 0.126 e. The highest BCUT2D eigenvalue weighted by molar-refractivity contribution is 5.23. The summed E-state index contributed by atoms with van der Waals surface area (Å²) >= 11 is 0. The Labute approximate surface area is 133 Å². The van der Waals surface area contributed by atoms with Crippen molar-refractivity contribution in [2.45, 2.75) is 25.8 Å². The van der Waals surface area contributed by atoms with E-state index in [9.17, 15) is 8.78 Å². The monoisotopic (exact) mass is 313 g/mol. The molecule has 1 unspecified atom stereocenters. The van der Waals surface area contributed by atoms with Gasteiger partial charge in [0.1, 0.15) is 11.6 Å². The van der Waals surface area contributed by atoms with Gasteiger partial charge in [-0.15, -0.1) is 5.10 Å². The standard InChI is InChI=1S/C18H17F2N3/c1-13(17-10-15(19)7-8-18(17)20)9-16-12-23(22-21-16)11-14-5-3-2-4-6-14/h2-8,10,12-13H,9,11H2,1H3. The summed E-state index contributed by atoms with van der Waals surface area (Å²) in [6.07, 6.45) is 2.36. The molecule has 0 spiro atoms. The summed E-state index contributed by atoms with van der Waals surface area (Å²) in [6.45, 7) is 2.49. The van der Waals surface area contributed by atoms with Gasteiger partial charge in [0.05, 0.1) is 12.2 Å². The Bertz CT molecular complexity index is 784. The Balaban J connectivity index is 1.70. The minimum absolute atomic E-state index is 0.174. The number of rotatable bonds is 5. The van der Waals surface area contributed by atoms with Crippen LogP contribution in [0.2, 0.25) is 0 Å². The summed E-state index contributed by atoms with van der Waals surface area (Å²) in [7, 11) is 0. The highest BCUT2D eigenvalue weighted by atomic mass is 19.1. The Kier molecular flexibility index (Phi) is 4.46. The average molecular weight is 313 g/mol. The highest BCUT2D eigenvalue weighted by Crippen LogP contribution is 2.23. The lowest BCUT2D eigenvalue weighted by molar-refractivity contribution is 0.565. The summed E-state index contributed by atoms with van der Waals surface area (Å²) in [5, 5.41) is 8.22. The summed E-state index contributed by atoms with van der Waals surface area (Å²) < 4.78 is 28.9. The Morgan fingerprint density at radius 2 is 1.87 bits per heavy atom. The van der Waals surface area contributed by atoms with Gasteiger partial charge in [-0.3, -0.25) is 0 Å². The van der Waals surface area contributed by atoms with Crippen molar-refractivity contribution in [1.82, 2.24) is 15.0 Å². The predicted octanol–water partition coefficient (Wildman–Crippen LogP) is 3.95. The van der Waals surface area contributed by atoms with E-state index in [4.69, 9.17) is 0 Å². The van der Waals surface area contributed by atoms with Crippen molar-refractivity contribution in [3.63, 3.8) is 0 Å². The van der Waals surface area contributed by atoms with Crippen LogP contribution in [0.1, 0.15) is 29.7 Å². The van der Waals surface area contributed by atoms with Crippen LogP contribution in [0.4, 0.5) is 8.78 Å². The molecule has 0 saturated carbocycles. The van der Waals surface area contributed by atoms with Crippen LogP contribution < -0.4 is 0 Å². The van der Waals surface area contributed by atoms with Gasteiger partial charge in [0.25, 0.3) is 0 Å². The van der Waals surface area contributed by atoms with Crippen molar-refractivity contribution < 1.29 is 8.78 Å². The minimum Gasteiger partial charge on any atom is -0.248 e. The van der Waals surface area contributed by atoms with Crippen LogP contribution in [0.5, 0.6) is 0 Å². The molecule has 0 radical (unpaired) electrons. The van der Waals surface area contributed by atoms with Gasteiger partial charge >= 0.3 is 0 Å². The fourth-order valence-electron chi connectivity index (χ4n) is 2.60. The fraction of sp³-hybridized carbons (Fsp3) is 0.222. The zero-order chi connectivity index (χ0) is 16.2. The van der Waals surface area contributed by atoms with E-state index in [0.717, 1.165) is 23.4 Å². The first-order valence-corrected chi connectivity index (χ1v) is 7.49. The van der Waals surface area contributed by atoms with E-state index in [1.165, 1.54) is 6.07 Å². The molecule has 23 heavy (non-hydrogen) atoms. The third-order valence-electron chi connectivity index (χ3n) is 3.78. The highest BCUT2D eigenvalue weighted by Gasteiger charge is 2.14. The smallest absolute Gasteiger partial charge is 0.126 e. The summed E-state index contributed by atoms with van der Waals surface area (Å²) in [5.74, 6) is -0.996. The average Bonchev–Trinajstić information content (AvgIpc) is 2.97. The molecule has 5 heteroatoms. The van der Waals surface area contributed by atoms with Crippen molar-refractivity contribution in [1.29, 1.82) is 0 Å². The van der Waals surface area contributed by atoms with Gasteiger partial charge in [0, 0.05) is 6.20 Å². The fourth-order valence-corrected chi connectivity index (χ4v) is 2.60. The maximum atomic E-state index is 13.8. The molecule has 0 aliphatic rings. The normalized spacial score (nSPS) is 12.3. The molecule has 2 aromatic carbocycles. The van der Waals surface area contributed by atoms with E-state index in [1.54, 1.807) is 4.68 Å². The molecule has 1 atom stereocenters. The van der Waals surface area contributed by atoms with Gasteiger partial charge in [0.15, 0.2) is 0 Å². The third-order valence-corrected chi connectivity index (χ3v) is 3.78. The van der Waals surface area contributed by atoms with Gasteiger partial charge in [-0.1, -0.05) is 42.5 Å². The van der Waals surface area contributed by atoms with Crippen LogP contribution in [0.15, 0.2) is 54.7 Å². The van der Waals surface area contributed by atoms with Gasteiger partial charge in [0.2, 0.25) is 0 Å². The van der Waals surface area contributed by atoms with E-state index in [2.05, 4.69) is 10.3 Å². The Morgan fingerprint density at radius 3 is 2.65 bits per heavy atom. The molecule has 3 aromatic rings. The molecule has 1 aromatic heterocycles. The molecular formula is C18H17F2N3. The lowest BCUT2D eigenvalue weighted by Gasteiger charge is -2.11. The Hall–Kier alpha value is -2.56. The third kappa shape index (κ3) is 3.80. The molecule has 3 rings (SSSR count). The van der Waals surface area contributed by atoms with E-state index in [1.807, 2.05) is 43.5 Å². The van der Waals surface area contributed by atoms with E-state index in [-0.39, 0.29) is 5.92 Å². The SMILES string of the molecule is CC(Cc1cn(Cc2ccccc2)nn1)c1cc(F)ccc1F. The van der Waals surface area contributed by atoms with Crippen molar-refractivity contribution >= 4 is 0 Å². The quantitative estimate of drug-likeness (QED) is 0.714. The molecule has 118 valence electrons. The summed E-state index contributed by atoms with van der Waals surface area (Å²) in [6, 6.07) is 13.5. The van der Waals surface area contributed by atoms with Gasteiger partial charge in [-0.2, -0.15) is 0 Å². The first-order valence-electron chi connectivity index (χ1n) is 7.49. The molecule has 0 amide bonds. The molecule has 0 aliphatic heterocycles. The molecule has 0 N–H and O–H groups in total. The zero-order valence-corrected chi connectivity index (χ0v) is 12.8. The van der Waals surface area contributed by atoms with Crippen LogP contribution >= 0.6 is 0 Å². The van der Waals surface area contributed by atoms with E-state index < -0.39 is 11.6 Å². The van der Waals surface area contributed by atoms with Gasteiger partial charge in [-0.05, 0) is 41.7 Å². The van der Waals surface area contributed by atoms with E-state index >= 15 is 0 Å². The van der Waals surface area contributed by atoms with Crippen LogP contribution in [0.3, 0.4) is 0 Å². The predicted molar refractivity (Wildman–Crippen MR) is 84.0 cm³/mol. The molecular weight excluding hydrogens is 296 g/mol. The largest absolute Gasteiger partial charge is 0.248 e. The zero-order valence-electron chi connectivity index (χ0n) is 12.8. The van der Waals surface area contributed by atoms with Crippen molar-refractivity contribution in [2.75, 3.05) is 0 Å². The number of benzene rings is 2. The van der Waals surface area contributed by atoms with Crippen LogP contribution in [0, 0.1) is 11.6 Å². The van der Waals surface area contributed by atoms with Crippen molar-refractivity contribution in [2.24, 2.45) is 0 Å². The number of hydrogen-bond donors (Lipinski definition) is 0. The van der Waals surface area contributed by atoms with Crippen LogP contribution in [-0.2, 0) is 13.0 Å². The van der Waals surface area contributed by atoms with Crippen LogP contribution in [0.25, 0.3) is 0 Å². The lowest BCUT2D eigenvalue weighted by Crippen LogP contribution is -2.02. The molecule has 0 bridgehead atoms. The number of halogens is 2. The molecule has 0 saturated heterocycles. The second-order valence-corrected chi connectivity index (χ2v) is 5.66. The first kappa shape index (κ1) is 15.3. The lowest BCUT2D eigenvalue weighted by atomic mass is 9.96. The number of aromatic nitrogens is 3. The second kappa shape index (κ2) is 6.69. The molecule has 1 heterocycles. The van der Waals surface area contributed by atoms with Crippen molar-refractivity contribution in [3.8, 4) is 0 Å². The number of nitrogens with zero attached hydrogens (tertiary/aromatic N) is 3. The molecule has 0 fully saturated rings. The van der Waals surface area contributed by atoms with Gasteiger partial charge < -0.3 is 0 Å². The second-order valence-electron chi connectivity index (χ2n) is 5.66. The first-order chi connectivity index (χ1) is 11.1. The Morgan fingerprint density at radius 1 is 1.09 bits per heavy atom.